The molecule has 1 saturated carbocycles. The first kappa shape index (κ1) is 14.8. The number of carbonyl (C=O) groups excluding carboxylic acids is 1. The molecule has 0 aromatic heterocycles. The van der Waals surface area contributed by atoms with Gasteiger partial charge in [-0.15, -0.1) is 0 Å². The molecular weight excluding hydrogens is 240 g/mol. The van der Waals surface area contributed by atoms with Crippen LogP contribution < -0.4 is 0 Å². The van der Waals surface area contributed by atoms with Crippen LogP contribution in [0.2, 0.25) is 0 Å². The van der Waals surface area contributed by atoms with E-state index in [-0.39, 0.29) is 18.6 Å². The number of aliphatic hydroxyl groups is 1. The van der Waals surface area contributed by atoms with E-state index in [0.717, 1.165) is 25.9 Å². The van der Waals surface area contributed by atoms with Crippen LogP contribution in [-0.2, 0) is 4.79 Å². The maximum Gasteiger partial charge on any atom is 0.236 e. The van der Waals surface area contributed by atoms with Crippen LogP contribution in [0.15, 0.2) is 0 Å². The first-order valence-corrected chi connectivity index (χ1v) is 7.90. The van der Waals surface area contributed by atoms with E-state index in [4.69, 9.17) is 0 Å². The van der Waals surface area contributed by atoms with Crippen molar-refractivity contribution in [2.75, 3.05) is 26.2 Å². The lowest BCUT2D eigenvalue weighted by Crippen LogP contribution is -2.47. The summed E-state index contributed by atoms with van der Waals surface area (Å²) < 4.78 is 0. The summed E-state index contributed by atoms with van der Waals surface area (Å²) in [5.41, 5.74) is 0. The Bertz CT molecular complexity index is 290. The lowest BCUT2D eigenvalue weighted by Gasteiger charge is -2.35. The fourth-order valence-corrected chi connectivity index (χ4v) is 3.61. The number of amides is 1. The molecule has 110 valence electrons. The zero-order valence-electron chi connectivity index (χ0n) is 12.2. The Kier molecular flexibility index (Phi) is 5.64. The molecular formula is C15H28N2O2. The van der Waals surface area contributed by atoms with E-state index in [2.05, 4.69) is 16.7 Å². The molecule has 1 aliphatic carbocycles. The normalized spacial score (nSPS) is 25.7. The van der Waals surface area contributed by atoms with Gasteiger partial charge in [-0.1, -0.05) is 19.3 Å². The number of likely N-dealkylation sites (tertiary alicyclic amines) is 1. The molecule has 0 aromatic carbocycles. The molecule has 1 saturated heterocycles. The summed E-state index contributed by atoms with van der Waals surface area (Å²) in [4.78, 5) is 16.7. The van der Waals surface area contributed by atoms with Crippen LogP contribution in [0.4, 0.5) is 0 Å². The van der Waals surface area contributed by atoms with Gasteiger partial charge in [-0.3, -0.25) is 9.69 Å². The Hall–Kier alpha value is -0.610. The molecule has 0 aromatic rings. The third-order valence-electron chi connectivity index (χ3n) is 4.72. The van der Waals surface area contributed by atoms with Crippen LogP contribution in [0.25, 0.3) is 0 Å². The molecule has 0 radical (unpaired) electrons. The topological polar surface area (TPSA) is 43.8 Å². The molecule has 1 aliphatic heterocycles. The van der Waals surface area contributed by atoms with Gasteiger partial charge in [0.2, 0.25) is 5.91 Å². The third-order valence-corrected chi connectivity index (χ3v) is 4.72. The van der Waals surface area contributed by atoms with Gasteiger partial charge in [-0.05, 0) is 39.2 Å². The molecule has 2 aliphatic rings. The predicted molar refractivity (Wildman–Crippen MR) is 75.9 cm³/mol. The number of hydrogen-bond acceptors (Lipinski definition) is 3. The first-order chi connectivity index (χ1) is 9.26. The van der Waals surface area contributed by atoms with Crippen LogP contribution in [0.5, 0.6) is 0 Å². The second kappa shape index (κ2) is 7.25. The second-order valence-corrected chi connectivity index (χ2v) is 5.92. The molecule has 0 bridgehead atoms. The predicted octanol–water partition coefficient (Wildman–Crippen LogP) is 1.62. The molecule has 2 rings (SSSR count). The van der Waals surface area contributed by atoms with Crippen molar-refractivity contribution in [2.45, 2.75) is 64.0 Å². The van der Waals surface area contributed by atoms with Crippen molar-refractivity contribution in [3.8, 4) is 0 Å². The number of carbonyl (C=O) groups is 1. The Balaban J connectivity index is 1.89. The molecule has 1 N–H and O–H groups in total. The fourth-order valence-electron chi connectivity index (χ4n) is 3.61. The van der Waals surface area contributed by atoms with Crippen LogP contribution >= 0.6 is 0 Å². The average molecular weight is 268 g/mol. The Labute approximate surface area is 116 Å². The van der Waals surface area contributed by atoms with Crippen LogP contribution in [0.3, 0.4) is 0 Å². The number of likely N-dealkylation sites (N-methyl/N-ethyl adjacent to an activating group) is 1. The molecule has 19 heavy (non-hydrogen) atoms. The van der Waals surface area contributed by atoms with Gasteiger partial charge < -0.3 is 10.0 Å². The number of rotatable bonds is 5. The van der Waals surface area contributed by atoms with Crippen molar-refractivity contribution in [3.63, 3.8) is 0 Å². The first-order valence-electron chi connectivity index (χ1n) is 7.90. The van der Waals surface area contributed by atoms with E-state index in [1.54, 1.807) is 0 Å². The average Bonchev–Trinajstić information content (AvgIpc) is 2.88. The van der Waals surface area contributed by atoms with Crippen LogP contribution in [-0.4, -0.2) is 59.1 Å². The molecule has 1 amide bonds. The van der Waals surface area contributed by atoms with Gasteiger partial charge in [0.1, 0.15) is 0 Å². The van der Waals surface area contributed by atoms with E-state index < -0.39 is 0 Å². The highest BCUT2D eigenvalue weighted by atomic mass is 16.3. The largest absolute Gasteiger partial charge is 0.395 e. The van der Waals surface area contributed by atoms with Crippen molar-refractivity contribution in [3.05, 3.63) is 0 Å². The van der Waals surface area contributed by atoms with Crippen molar-refractivity contribution in [1.82, 2.24) is 9.80 Å². The molecule has 0 unspecified atom stereocenters. The Morgan fingerprint density at radius 3 is 2.58 bits per heavy atom. The number of nitrogens with zero attached hydrogens (tertiary/aromatic N) is 2. The minimum absolute atomic E-state index is 0.183. The third kappa shape index (κ3) is 3.69. The van der Waals surface area contributed by atoms with Gasteiger partial charge in [0.15, 0.2) is 0 Å². The molecule has 4 heteroatoms. The van der Waals surface area contributed by atoms with Crippen molar-refractivity contribution >= 4 is 5.91 Å². The summed E-state index contributed by atoms with van der Waals surface area (Å²) in [5, 5.41) is 9.33. The molecule has 0 spiro atoms. The maximum atomic E-state index is 12.5. The van der Waals surface area contributed by atoms with E-state index in [0.29, 0.717) is 12.6 Å². The maximum absolute atomic E-state index is 12.5. The van der Waals surface area contributed by atoms with E-state index >= 15 is 0 Å². The highest BCUT2D eigenvalue weighted by molar-refractivity contribution is 5.78. The van der Waals surface area contributed by atoms with Gasteiger partial charge in [0, 0.05) is 18.6 Å². The van der Waals surface area contributed by atoms with Gasteiger partial charge >= 0.3 is 0 Å². The quantitative estimate of drug-likeness (QED) is 0.824. The van der Waals surface area contributed by atoms with Crippen LogP contribution in [0, 0.1) is 0 Å². The second-order valence-electron chi connectivity index (χ2n) is 5.92. The van der Waals surface area contributed by atoms with Crippen molar-refractivity contribution in [1.29, 1.82) is 0 Å². The van der Waals surface area contributed by atoms with Crippen molar-refractivity contribution < 1.29 is 9.90 Å². The Morgan fingerprint density at radius 1 is 1.21 bits per heavy atom. The zero-order chi connectivity index (χ0) is 13.7. The molecule has 1 atom stereocenters. The fraction of sp³-hybridized carbons (Fsp3) is 0.933. The summed E-state index contributed by atoms with van der Waals surface area (Å²) in [5.74, 6) is 0.259. The molecule has 1 heterocycles. The highest BCUT2D eigenvalue weighted by Gasteiger charge is 2.29. The zero-order valence-corrected chi connectivity index (χ0v) is 12.2. The highest BCUT2D eigenvalue weighted by Crippen LogP contribution is 2.23. The van der Waals surface area contributed by atoms with Gasteiger partial charge in [0.05, 0.1) is 13.2 Å². The smallest absolute Gasteiger partial charge is 0.236 e. The van der Waals surface area contributed by atoms with Gasteiger partial charge in [-0.2, -0.15) is 0 Å². The molecule has 4 nitrogen and oxygen atoms in total. The van der Waals surface area contributed by atoms with Gasteiger partial charge in [0.25, 0.3) is 0 Å². The Morgan fingerprint density at radius 2 is 1.95 bits per heavy atom. The molecule has 2 fully saturated rings. The van der Waals surface area contributed by atoms with E-state index in [1.807, 2.05) is 0 Å². The van der Waals surface area contributed by atoms with E-state index in [9.17, 15) is 9.90 Å². The lowest BCUT2D eigenvalue weighted by atomic mass is 9.94. The monoisotopic (exact) mass is 268 g/mol. The van der Waals surface area contributed by atoms with Crippen molar-refractivity contribution in [2.24, 2.45) is 0 Å². The van der Waals surface area contributed by atoms with Gasteiger partial charge in [-0.25, -0.2) is 0 Å². The SMILES string of the molecule is CCN(C(=O)CN1CCC[C@H]1CO)C1CCCCC1. The summed E-state index contributed by atoms with van der Waals surface area (Å²) in [7, 11) is 0. The minimum Gasteiger partial charge on any atom is -0.395 e. The standard InChI is InChI=1S/C15H28N2O2/c1-2-17(13-7-4-3-5-8-13)15(19)11-16-10-6-9-14(16)12-18/h13-14,18H,2-12H2,1H3/t14-/m0/s1. The summed E-state index contributed by atoms with van der Waals surface area (Å²) >= 11 is 0. The minimum atomic E-state index is 0.183. The van der Waals surface area contributed by atoms with E-state index in [1.165, 1.54) is 32.1 Å². The lowest BCUT2D eigenvalue weighted by molar-refractivity contribution is -0.135. The summed E-state index contributed by atoms with van der Waals surface area (Å²) in [6.07, 6.45) is 8.31. The number of hydrogen-bond donors (Lipinski definition) is 1. The number of aliphatic hydroxyl groups excluding tert-OH is 1. The van der Waals surface area contributed by atoms with Crippen LogP contribution in [0.1, 0.15) is 51.9 Å². The summed E-state index contributed by atoms with van der Waals surface area (Å²) in [6, 6.07) is 0.662. The summed E-state index contributed by atoms with van der Waals surface area (Å²) in [6.45, 7) is 4.54.